The van der Waals surface area contributed by atoms with Crippen LogP contribution in [0.3, 0.4) is 0 Å². The zero-order valence-corrected chi connectivity index (χ0v) is 15.4. The largest absolute Gasteiger partial charge is 0.322 e. The molecule has 2 aromatic rings. The number of quaternary nitrogens is 1. The van der Waals surface area contributed by atoms with Crippen LogP contribution in [-0.2, 0) is 5.54 Å². The molecule has 132 valence electrons. The Morgan fingerprint density at radius 3 is 2.52 bits per heavy atom. The molecule has 0 spiro atoms. The quantitative estimate of drug-likeness (QED) is 0.926. The van der Waals surface area contributed by atoms with E-state index in [1.54, 1.807) is 0 Å². The number of likely N-dealkylation sites (tertiary alicyclic amines) is 1. The molecule has 3 rings (SSSR count). The Kier molecular flexibility index (Phi) is 5.14. The molecule has 0 radical (unpaired) electrons. The second-order valence-corrected chi connectivity index (χ2v) is 7.86. The standard InChI is InChI=1S/C19H26N6/c1-19(2,3)25-18(21-22-23-25)17(24-11-6-4-5-7-12-24)16-10-8-9-15(13-16)14-20/h8-10,13,17H,4-7,11-12H2,1-3H3/p+1/t17-/m0/s1. The molecule has 1 atom stereocenters. The average molecular weight is 339 g/mol. The Morgan fingerprint density at radius 1 is 1.16 bits per heavy atom. The first kappa shape index (κ1) is 17.6. The first-order chi connectivity index (χ1) is 12.0. The van der Waals surface area contributed by atoms with Gasteiger partial charge in [0.25, 0.3) is 0 Å². The van der Waals surface area contributed by atoms with Crippen LogP contribution in [0.1, 0.15) is 69.4 Å². The lowest BCUT2D eigenvalue weighted by Crippen LogP contribution is -3.12. The average Bonchev–Trinajstić information content (AvgIpc) is 2.92. The van der Waals surface area contributed by atoms with Gasteiger partial charge in [-0.2, -0.15) is 5.26 Å². The highest BCUT2D eigenvalue weighted by molar-refractivity contribution is 5.35. The molecule has 6 nitrogen and oxygen atoms in total. The smallest absolute Gasteiger partial charge is 0.214 e. The minimum absolute atomic E-state index is 0.0561. The van der Waals surface area contributed by atoms with Crippen molar-refractivity contribution in [3.05, 3.63) is 41.2 Å². The molecular formula is C19H27N6+. The minimum atomic E-state index is -0.185. The van der Waals surface area contributed by atoms with Crippen LogP contribution < -0.4 is 4.90 Å². The number of tetrazole rings is 1. The maximum absolute atomic E-state index is 9.31. The van der Waals surface area contributed by atoms with E-state index in [2.05, 4.69) is 48.4 Å². The van der Waals surface area contributed by atoms with Crippen LogP contribution in [0.25, 0.3) is 0 Å². The third kappa shape index (κ3) is 3.88. The molecule has 0 aliphatic carbocycles. The topological polar surface area (TPSA) is 71.8 Å². The Morgan fingerprint density at radius 2 is 1.88 bits per heavy atom. The predicted molar refractivity (Wildman–Crippen MR) is 95.0 cm³/mol. The maximum atomic E-state index is 9.31. The molecule has 6 heteroatoms. The monoisotopic (exact) mass is 339 g/mol. The number of nitrogens with zero attached hydrogens (tertiary/aromatic N) is 5. The molecule has 0 saturated carbocycles. The van der Waals surface area contributed by atoms with Crippen LogP contribution in [-0.4, -0.2) is 33.3 Å². The summed E-state index contributed by atoms with van der Waals surface area (Å²) >= 11 is 0. The van der Waals surface area contributed by atoms with Gasteiger partial charge in [0.15, 0.2) is 6.04 Å². The highest BCUT2D eigenvalue weighted by atomic mass is 15.6. The van der Waals surface area contributed by atoms with Gasteiger partial charge in [0.1, 0.15) is 0 Å². The molecule has 2 heterocycles. The number of hydrogen-bond donors (Lipinski definition) is 1. The highest BCUT2D eigenvalue weighted by Crippen LogP contribution is 2.23. The van der Waals surface area contributed by atoms with E-state index in [1.807, 2.05) is 22.9 Å². The molecule has 0 unspecified atom stereocenters. The van der Waals surface area contributed by atoms with Gasteiger partial charge in [0.05, 0.1) is 30.3 Å². The Labute approximate surface area is 149 Å². The number of rotatable bonds is 3. The van der Waals surface area contributed by atoms with E-state index < -0.39 is 0 Å². The van der Waals surface area contributed by atoms with Crippen molar-refractivity contribution in [3.8, 4) is 6.07 Å². The first-order valence-electron chi connectivity index (χ1n) is 9.14. The van der Waals surface area contributed by atoms with Crippen molar-refractivity contribution < 1.29 is 4.90 Å². The van der Waals surface area contributed by atoms with Crippen molar-refractivity contribution in [1.82, 2.24) is 20.2 Å². The Bertz CT molecular complexity index is 744. The molecule has 1 fully saturated rings. The summed E-state index contributed by atoms with van der Waals surface area (Å²) < 4.78 is 1.94. The Hall–Kier alpha value is -2.26. The summed E-state index contributed by atoms with van der Waals surface area (Å²) in [6.45, 7) is 8.57. The SMILES string of the molecule is CC(C)(C)n1nnnc1[C@H](c1cccc(C#N)c1)[NH+]1CCCCCC1. The molecule has 1 aromatic heterocycles. The molecule has 0 bridgehead atoms. The van der Waals surface area contributed by atoms with Gasteiger partial charge in [-0.15, -0.1) is 5.10 Å². The van der Waals surface area contributed by atoms with Crippen molar-refractivity contribution in [2.45, 2.75) is 58.0 Å². The zero-order valence-electron chi connectivity index (χ0n) is 15.4. The van der Waals surface area contributed by atoms with Crippen LogP contribution in [0, 0.1) is 11.3 Å². The Balaban J connectivity index is 2.09. The van der Waals surface area contributed by atoms with E-state index >= 15 is 0 Å². The summed E-state index contributed by atoms with van der Waals surface area (Å²) in [7, 11) is 0. The number of aromatic nitrogens is 4. The fraction of sp³-hybridized carbons (Fsp3) is 0.579. The van der Waals surface area contributed by atoms with Gasteiger partial charge < -0.3 is 4.90 Å². The van der Waals surface area contributed by atoms with Gasteiger partial charge in [0.2, 0.25) is 5.82 Å². The van der Waals surface area contributed by atoms with Crippen LogP contribution >= 0.6 is 0 Å². The molecule has 1 N–H and O–H groups in total. The summed E-state index contributed by atoms with van der Waals surface area (Å²) in [5.74, 6) is 0.888. The van der Waals surface area contributed by atoms with Crippen LogP contribution in [0.5, 0.6) is 0 Å². The molecule has 1 aromatic carbocycles. The van der Waals surface area contributed by atoms with Gasteiger partial charge in [0, 0.05) is 5.56 Å². The number of benzene rings is 1. The summed E-state index contributed by atoms with van der Waals surface area (Å²) in [4.78, 5) is 1.49. The van der Waals surface area contributed by atoms with E-state index in [0.29, 0.717) is 5.56 Å². The minimum Gasteiger partial charge on any atom is -0.322 e. The predicted octanol–water partition coefficient (Wildman–Crippen LogP) is 1.85. The van der Waals surface area contributed by atoms with Gasteiger partial charge in [-0.3, -0.25) is 0 Å². The van der Waals surface area contributed by atoms with E-state index in [4.69, 9.17) is 0 Å². The van der Waals surface area contributed by atoms with Crippen molar-refractivity contribution in [2.24, 2.45) is 0 Å². The maximum Gasteiger partial charge on any atom is 0.214 e. The van der Waals surface area contributed by atoms with Gasteiger partial charge in [-0.25, -0.2) is 4.68 Å². The second kappa shape index (κ2) is 7.32. The van der Waals surface area contributed by atoms with Crippen LogP contribution in [0.2, 0.25) is 0 Å². The molecular weight excluding hydrogens is 312 g/mol. The molecule has 0 amide bonds. The fourth-order valence-corrected chi connectivity index (χ4v) is 3.68. The number of nitriles is 1. The van der Waals surface area contributed by atoms with Crippen LogP contribution in [0.15, 0.2) is 24.3 Å². The number of nitrogens with one attached hydrogen (secondary N) is 1. The summed E-state index contributed by atoms with van der Waals surface area (Å²) in [6, 6.07) is 10.2. The second-order valence-electron chi connectivity index (χ2n) is 7.86. The lowest BCUT2D eigenvalue weighted by Gasteiger charge is -2.29. The van der Waals surface area contributed by atoms with Crippen molar-refractivity contribution in [2.75, 3.05) is 13.1 Å². The number of hydrogen-bond acceptors (Lipinski definition) is 4. The summed E-state index contributed by atoms with van der Waals surface area (Å²) in [5.41, 5.74) is 1.62. The molecule has 1 aliphatic rings. The molecule has 25 heavy (non-hydrogen) atoms. The molecule has 1 saturated heterocycles. The van der Waals surface area contributed by atoms with Crippen LogP contribution in [0.4, 0.5) is 0 Å². The first-order valence-corrected chi connectivity index (χ1v) is 9.14. The normalized spacial score (nSPS) is 17.7. The van der Waals surface area contributed by atoms with Gasteiger partial charge in [-0.05, 0) is 69.0 Å². The third-order valence-corrected chi connectivity index (χ3v) is 4.89. The highest BCUT2D eigenvalue weighted by Gasteiger charge is 2.34. The lowest BCUT2D eigenvalue weighted by molar-refractivity contribution is -0.925. The fourth-order valence-electron chi connectivity index (χ4n) is 3.68. The van der Waals surface area contributed by atoms with E-state index in [0.717, 1.165) is 24.5 Å². The zero-order chi connectivity index (χ0) is 17.9. The summed E-state index contributed by atoms with van der Waals surface area (Å²) in [6.07, 6.45) is 5.03. The third-order valence-electron chi connectivity index (χ3n) is 4.89. The van der Waals surface area contributed by atoms with Gasteiger partial charge >= 0.3 is 0 Å². The van der Waals surface area contributed by atoms with Crippen molar-refractivity contribution in [3.63, 3.8) is 0 Å². The van der Waals surface area contributed by atoms with Gasteiger partial charge in [-0.1, -0.05) is 12.1 Å². The lowest BCUT2D eigenvalue weighted by atomic mass is 10.00. The molecule has 1 aliphatic heterocycles. The van der Waals surface area contributed by atoms with E-state index in [9.17, 15) is 5.26 Å². The van der Waals surface area contributed by atoms with Crippen molar-refractivity contribution in [1.29, 1.82) is 5.26 Å². The van der Waals surface area contributed by atoms with E-state index in [-0.39, 0.29) is 11.6 Å². The summed E-state index contributed by atoms with van der Waals surface area (Å²) in [5, 5.41) is 22.0. The van der Waals surface area contributed by atoms with Crippen molar-refractivity contribution >= 4 is 0 Å². The van der Waals surface area contributed by atoms with E-state index in [1.165, 1.54) is 30.6 Å².